The van der Waals surface area contributed by atoms with Gasteiger partial charge < -0.3 is 20.3 Å². The van der Waals surface area contributed by atoms with Crippen LogP contribution in [0.25, 0.3) is 0 Å². The van der Waals surface area contributed by atoms with E-state index in [2.05, 4.69) is 4.99 Å². The van der Waals surface area contributed by atoms with E-state index < -0.39 is 18.2 Å². The van der Waals surface area contributed by atoms with Gasteiger partial charge in [0.25, 0.3) is 0 Å². The zero-order valence-corrected chi connectivity index (χ0v) is 17.7. The summed E-state index contributed by atoms with van der Waals surface area (Å²) in [7, 11) is 0. The minimum atomic E-state index is -0.932. The molecule has 0 unspecified atom stereocenters. The number of rotatable bonds is 10. The second-order valence-corrected chi connectivity index (χ2v) is 6.91. The Morgan fingerprint density at radius 1 is 0.844 bits per heavy atom. The second-order valence-electron chi connectivity index (χ2n) is 6.91. The highest BCUT2D eigenvalue weighted by atomic mass is 16.6. The normalized spacial score (nSPS) is 10.9. The molecule has 0 bridgehead atoms. The molecule has 0 heterocycles. The molecule has 2 aromatic carbocycles. The number of carboxylic acid groups (broad SMARTS) is 1. The molecule has 0 aliphatic rings. The summed E-state index contributed by atoms with van der Waals surface area (Å²) in [5.74, 6) is -1.23. The number of aliphatic carboxylic acids is 1. The Labute approximate surface area is 186 Å². The van der Waals surface area contributed by atoms with E-state index in [4.69, 9.17) is 20.3 Å². The molecule has 0 atom stereocenters. The number of hydrogen-bond acceptors (Lipinski definition) is 5. The number of nitrogens with zero attached hydrogens (tertiary/aromatic N) is 2. The first-order chi connectivity index (χ1) is 15.5. The van der Waals surface area contributed by atoms with Gasteiger partial charge in [-0.05, 0) is 24.0 Å². The maximum absolute atomic E-state index is 12.6. The van der Waals surface area contributed by atoms with Crippen LogP contribution in [0.2, 0.25) is 0 Å². The maximum Gasteiger partial charge on any atom is 0.437 e. The molecule has 0 spiro atoms. The fourth-order valence-corrected chi connectivity index (χ4v) is 2.72. The Morgan fingerprint density at radius 2 is 1.41 bits per heavy atom. The predicted molar refractivity (Wildman–Crippen MR) is 118 cm³/mol. The van der Waals surface area contributed by atoms with Crippen LogP contribution in [-0.4, -0.2) is 40.7 Å². The first-order valence-corrected chi connectivity index (χ1v) is 10.2. The Balaban J connectivity index is 1.96. The molecule has 9 nitrogen and oxygen atoms in total. The fraction of sp³-hybridized carbons (Fsp3) is 0.304. The molecule has 170 valence electrons. The quantitative estimate of drug-likeness (QED) is 0.324. The highest BCUT2D eigenvalue weighted by Gasteiger charge is 2.20. The van der Waals surface area contributed by atoms with Crippen LogP contribution in [0.3, 0.4) is 0 Å². The van der Waals surface area contributed by atoms with Crippen molar-refractivity contribution >= 4 is 24.1 Å². The van der Waals surface area contributed by atoms with Crippen LogP contribution in [0, 0.1) is 0 Å². The monoisotopic (exact) mass is 441 g/mol. The zero-order valence-electron chi connectivity index (χ0n) is 17.7. The lowest BCUT2D eigenvalue weighted by atomic mass is 10.2. The SMILES string of the molecule is NC(=NC(=O)OCc1ccccc1)N(CCCCCC(=O)O)C(=O)OCc1ccccc1. The zero-order chi connectivity index (χ0) is 23.2. The molecular formula is C23H27N3O6. The average molecular weight is 441 g/mol. The van der Waals surface area contributed by atoms with Crippen molar-refractivity contribution in [1.82, 2.24) is 4.90 Å². The van der Waals surface area contributed by atoms with E-state index in [9.17, 15) is 14.4 Å². The molecule has 0 aromatic heterocycles. The van der Waals surface area contributed by atoms with Gasteiger partial charge in [0.1, 0.15) is 13.2 Å². The van der Waals surface area contributed by atoms with Crippen LogP contribution in [0.4, 0.5) is 9.59 Å². The van der Waals surface area contributed by atoms with Crippen molar-refractivity contribution in [1.29, 1.82) is 0 Å². The molecule has 0 radical (unpaired) electrons. The van der Waals surface area contributed by atoms with Crippen LogP contribution in [0.5, 0.6) is 0 Å². The third-order valence-electron chi connectivity index (χ3n) is 4.39. The summed E-state index contributed by atoms with van der Waals surface area (Å²) in [6.07, 6.45) is -0.183. The number of unbranched alkanes of at least 4 members (excludes halogenated alkanes) is 2. The van der Waals surface area contributed by atoms with Gasteiger partial charge in [0, 0.05) is 13.0 Å². The van der Waals surface area contributed by atoms with E-state index in [0.717, 1.165) is 16.0 Å². The fourth-order valence-electron chi connectivity index (χ4n) is 2.72. The minimum absolute atomic E-state index is 0.0180. The van der Waals surface area contributed by atoms with Crippen molar-refractivity contribution in [3.63, 3.8) is 0 Å². The number of ether oxygens (including phenoxy) is 2. The second kappa shape index (κ2) is 13.4. The number of carboxylic acids is 1. The van der Waals surface area contributed by atoms with Gasteiger partial charge in [-0.3, -0.25) is 4.79 Å². The summed E-state index contributed by atoms with van der Waals surface area (Å²) >= 11 is 0. The first-order valence-electron chi connectivity index (χ1n) is 10.2. The summed E-state index contributed by atoms with van der Waals surface area (Å²) in [5.41, 5.74) is 7.48. The summed E-state index contributed by atoms with van der Waals surface area (Å²) in [5, 5.41) is 8.73. The maximum atomic E-state index is 12.6. The van der Waals surface area contributed by atoms with Crippen LogP contribution in [-0.2, 0) is 27.5 Å². The largest absolute Gasteiger partial charge is 0.481 e. The highest BCUT2D eigenvalue weighted by molar-refractivity contribution is 5.97. The van der Waals surface area contributed by atoms with E-state index in [1.807, 2.05) is 48.5 Å². The molecule has 0 aliphatic carbocycles. The van der Waals surface area contributed by atoms with Crippen molar-refractivity contribution in [3.8, 4) is 0 Å². The number of nitrogens with two attached hydrogens (primary N) is 1. The van der Waals surface area contributed by atoms with E-state index in [1.165, 1.54) is 0 Å². The van der Waals surface area contributed by atoms with Crippen LogP contribution >= 0.6 is 0 Å². The highest BCUT2D eigenvalue weighted by Crippen LogP contribution is 2.08. The van der Waals surface area contributed by atoms with Gasteiger partial charge in [-0.15, -0.1) is 4.99 Å². The first kappa shape index (κ1) is 24.4. The van der Waals surface area contributed by atoms with E-state index >= 15 is 0 Å². The van der Waals surface area contributed by atoms with Crippen molar-refractivity contribution < 1.29 is 29.0 Å². The number of hydrogen-bond donors (Lipinski definition) is 2. The molecule has 0 fully saturated rings. The number of amides is 2. The lowest BCUT2D eigenvalue weighted by molar-refractivity contribution is -0.137. The third kappa shape index (κ3) is 9.29. The number of carbonyl (C=O) groups excluding carboxylic acids is 2. The summed E-state index contributed by atoms with van der Waals surface area (Å²) in [6.45, 7) is 0.166. The molecule has 0 saturated carbocycles. The van der Waals surface area contributed by atoms with Crippen LogP contribution in [0.15, 0.2) is 65.7 Å². The molecule has 3 N–H and O–H groups in total. The molecule has 0 saturated heterocycles. The Morgan fingerprint density at radius 3 is 1.97 bits per heavy atom. The van der Waals surface area contributed by atoms with Gasteiger partial charge in [0.15, 0.2) is 0 Å². The average Bonchev–Trinajstić information content (AvgIpc) is 2.79. The van der Waals surface area contributed by atoms with E-state index in [1.54, 1.807) is 12.1 Å². The van der Waals surface area contributed by atoms with Crippen molar-refractivity contribution in [2.45, 2.75) is 38.9 Å². The number of guanidine groups is 1. The molecule has 9 heteroatoms. The lowest BCUT2D eigenvalue weighted by Gasteiger charge is -2.21. The lowest BCUT2D eigenvalue weighted by Crippen LogP contribution is -2.43. The summed E-state index contributed by atoms with van der Waals surface area (Å²) < 4.78 is 10.4. The van der Waals surface area contributed by atoms with Gasteiger partial charge in [-0.1, -0.05) is 67.1 Å². The van der Waals surface area contributed by atoms with Crippen LogP contribution < -0.4 is 5.73 Å². The van der Waals surface area contributed by atoms with Gasteiger partial charge in [-0.2, -0.15) is 0 Å². The Bertz CT molecular complexity index is 902. The van der Waals surface area contributed by atoms with Crippen LogP contribution in [0.1, 0.15) is 36.8 Å². The topological polar surface area (TPSA) is 132 Å². The number of aliphatic imine (C=N–C) groups is 1. The molecule has 2 aromatic rings. The summed E-state index contributed by atoms with van der Waals surface area (Å²) in [6, 6.07) is 18.2. The van der Waals surface area contributed by atoms with Gasteiger partial charge in [0.2, 0.25) is 5.96 Å². The van der Waals surface area contributed by atoms with Gasteiger partial charge in [-0.25, -0.2) is 14.5 Å². The molecular weight excluding hydrogens is 414 g/mol. The van der Waals surface area contributed by atoms with E-state index in [0.29, 0.717) is 19.3 Å². The number of carbonyl (C=O) groups is 3. The van der Waals surface area contributed by atoms with Gasteiger partial charge in [0.05, 0.1) is 0 Å². The standard InChI is InChI=1S/C23H27N3O6/c24-21(25-22(29)31-16-18-10-4-1-5-11-18)26(15-9-3-8-14-20(27)28)23(30)32-17-19-12-6-2-7-13-19/h1-2,4-7,10-13H,3,8-9,14-17H2,(H,27,28)(H2,24,25,29). The summed E-state index contributed by atoms with van der Waals surface area (Å²) in [4.78, 5) is 40.0. The van der Waals surface area contributed by atoms with Crippen molar-refractivity contribution in [2.75, 3.05) is 6.54 Å². The molecule has 2 rings (SSSR count). The third-order valence-corrected chi connectivity index (χ3v) is 4.39. The molecule has 32 heavy (non-hydrogen) atoms. The van der Waals surface area contributed by atoms with Crippen molar-refractivity contribution in [2.24, 2.45) is 10.7 Å². The Kier molecular flexibility index (Phi) is 10.2. The van der Waals surface area contributed by atoms with Gasteiger partial charge >= 0.3 is 18.2 Å². The number of benzene rings is 2. The van der Waals surface area contributed by atoms with Crippen molar-refractivity contribution in [3.05, 3.63) is 71.8 Å². The van der Waals surface area contributed by atoms with E-state index in [-0.39, 0.29) is 32.1 Å². The Hall–Kier alpha value is -3.88. The minimum Gasteiger partial charge on any atom is -0.481 e. The predicted octanol–water partition coefficient (Wildman–Crippen LogP) is 3.92. The molecule has 0 aliphatic heterocycles. The smallest absolute Gasteiger partial charge is 0.437 e. The molecule has 2 amide bonds.